The quantitative estimate of drug-likeness (QED) is 0.810. The van der Waals surface area contributed by atoms with Crippen molar-refractivity contribution in [3.8, 4) is 0 Å². The molecule has 1 aromatic rings. The molecule has 1 fully saturated rings. The zero-order valence-corrected chi connectivity index (χ0v) is 14.7. The summed E-state index contributed by atoms with van der Waals surface area (Å²) in [5.41, 5.74) is 0.576. The van der Waals surface area contributed by atoms with Gasteiger partial charge in [-0.05, 0) is 19.8 Å². The molecule has 2 N–H and O–H groups in total. The summed E-state index contributed by atoms with van der Waals surface area (Å²) in [4.78, 5) is 18.3. The normalized spacial score (nSPS) is 17.7. The fourth-order valence-electron chi connectivity index (χ4n) is 2.70. The van der Waals surface area contributed by atoms with Gasteiger partial charge in [-0.3, -0.25) is 9.69 Å². The highest BCUT2D eigenvalue weighted by Gasteiger charge is 2.43. The second-order valence-corrected chi connectivity index (χ2v) is 6.91. The number of nitrogens with one attached hydrogen (secondary N) is 2. The van der Waals surface area contributed by atoms with Crippen molar-refractivity contribution >= 4 is 17.2 Å². The van der Waals surface area contributed by atoms with Crippen molar-refractivity contribution in [3.05, 3.63) is 15.6 Å². The SMILES string of the molecule is CCCc1nc(C)c(C(=O)NCC(N2CCNCC2)C(F)(F)F)s1. The fraction of sp³-hybridized carbons (Fsp3) is 0.733. The lowest BCUT2D eigenvalue weighted by Crippen LogP contribution is -2.57. The second kappa shape index (κ2) is 8.26. The molecule has 24 heavy (non-hydrogen) atoms. The van der Waals surface area contributed by atoms with Crippen LogP contribution in [0.1, 0.15) is 33.7 Å². The van der Waals surface area contributed by atoms with Gasteiger partial charge in [0, 0.05) is 32.7 Å². The van der Waals surface area contributed by atoms with E-state index in [-0.39, 0.29) is 0 Å². The van der Waals surface area contributed by atoms with Crippen molar-refractivity contribution in [1.82, 2.24) is 20.5 Å². The standard InChI is InChI=1S/C15H23F3N4OS/c1-3-4-12-21-10(2)13(24-12)14(23)20-9-11(15(16,17)18)22-7-5-19-6-8-22/h11,19H,3-9H2,1-2H3,(H,20,23). The van der Waals surface area contributed by atoms with Gasteiger partial charge in [-0.1, -0.05) is 6.92 Å². The van der Waals surface area contributed by atoms with Gasteiger partial charge in [-0.25, -0.2) is 4.98 Å². The maximum atomic E-state index is 13.3. The molecule has 0 bridgehead atoms. The van der Waals surface area contributed by atoms with E-state index in [4.69, 9.17) is 0 Å². The number of hydrogen-bond acceptors (Lipinski definition) is 5. The van der Waals surface area contributed by atoms with Crippen LogP contribution in [0.3, 0.4) is 0 Å². The summed E-state index contributed by atoms with van der Waals surface area (Å²) >= 11 is 1.26. The van der Waals surface area contributed by atoms with E-state index < -0.39 is 24.7 Å². The molecule has 0 saturated carbocycles. The first kappa shape index (κ1) is 19.1. The van der Waals surface area contributed by atoms with Crippen LogP contribution in [-0.2, 0) is 6.42 Å². The van der Waals surface area contributed by atoms with Crippen molar-refractivity contribution in [2.24, 2.45) is 0 Å². The number of aromatic nitrogens is 1. The monoisotopic (exact) mass is 364 g/mol. The van der Waals surface area contributed by atoms with Gasteiger partial charge >= 0.3 is 6.18 Å². The lowest BCUT2D eigenvalue weighted by Gasteiger charge is -2.35. The molecule has 1 atom stereocenters. The third-order valence-electron chi connectivity index (χ3n) is 3.94. The van der Waals surface area contributed by atoms with E-state index in [0.29, 0.717) is 36.8 Å². The number of thiazole rings is 1. The van der Waals surface area contributed by atoms with Gasteiger partial charge in [0.15, 0.2) is 0 Å². The Hall–Kier alpha value is -1.19. The Morgan fingerprint density at radius 1 is 1.42 bits per heavy atom. The first-order valence-electron chi connectivity index (χ1n) is 8.09. The first-order valence-corrected chi connectivity index (χ1v) is 8.90. The average Bonchev–Trinajstić information content (AvgIpc) is 2.88. The molecule has 1 unspecified atom stereocenters. The highest BCUT2D eigenvalue weighted by molar-refractivity contribution is 7.13. The fourth-order valence-corrected chi connectivity index (χ4v) is 3.78. The molecule has 0 aromatic carbocycles. The van der Waals surface area contributed by atoms with Crippen LogP contribution in [0.5, 0.6) is 0 Å². The molecule has 1 aliphatic heterocycles. The Morgan fingerprint density at radius 2 is 2.08 bits per heavy atom. The number of aryl methyl sites for hydroxylation is 2. The van der Waals surface area contributed by atoms with Crippen molar-refractivity contribution in [2.75, 3.05) is 32.7 Å². The Kier molecular flexibility index (Phi) is 6.59. The number of carbonyl (C=O) groups is 1. The van der Waals surface area contributed by atoms with Crippen LogP contribution in [-0.4, -0.2) is 60.7 Å². The predicted molar refractivity (Wildman–Crippen MR) is 87.5 cm³/mol. The Labute approximate surface area is 143 Å². The van der Waals surface area contributed by atoms with Crippen LogP contribution >= 0.6 is 11.3 Å². The van der Waals surface area contributed by atoms with Crippen molar-refractivity contribution < 1.29 is 18.0 Å². The number of hydrogen-bond donors (Lipinski definition) is 2. The summed E-state index contributed by atoms with van der Waals surface area (Å²) in [5, 5.41) is 6.32. The van der Waals surface area contributed by atoms with E-state index in [1.807, 2.05) is 6.92 Å². The Bertz CT molecular complexity index is 555. The lowest BCUT2D eigenvalue weighted by atomic mass is 10.2. The molecular weight excluding hydrogens is 341 g/mol. The van der Waals surface area contributed by atoms with Crippen molar-refractivity contribution in [1.29, 1.82) is 0 Å². The smallest absolute Gasteiger partial charge is 0.349 e. The molecule has 1 aromatic heterocycles. The summed E-state index contributed by atoms with van der Waals surface area (Å²) in [7, 11) is 0. The van der Waals surface area contributed by atoms with E-state index in [0.717, 1.165) is 17.8 Å². The van der Waals surface area contributed by atoms with Crippen molar-refractivity contribution in [3.63, 3.8) is 0 Å². The molecule has 1 amide bonds. The Morgan fingerprint density at radius 3 is 2.67 bits per heavy atom. The highest BCUT2D eigenvalue weighted by atomic mass is 32.1. The number of nitrogens with zero attached hydrogens (tertiary/aromatic N) is 2. The molecule has 2 rings (SSSR count). The second-order valence-electron chi connectivity index (χ2n) is 5.83. The van der Waals surface area contributed by atoms with E-state index in [2.05, 4.69) is 15.6 Å². The van der Waals surface area contributed by atoms with Crippen LogP contribution in [0.2, 0.25) is 0 Å². The maximum Gasteiger partial charge on any atom is 0.405 e. The van der Waals surface area contributed by atoms with Gasteiger partial charge in [0.2, 0.25) is 0 Å². The summed E-state index contributed by atoms with van der Waals surface area (Å²) < 4.78 is 40.0. The van der Waals surface area contributed by atoms with Crippen LogP contribution in [0.25, 0.3) is 0 Å². The minimum absolute atomic E-state index is 0.320. The molecule has 0 aliphatic carbocycles. The van der Waals surface area contributed by atoms with Gasteiger partial charge in [0.1, 0.15) is 10.9 Å². The van der Waals surface area contributed by atoms with Crippen LogP contribution in [0.15, 0.2) is 0 Å². The zero-order valence-electron chi connectivity index (χ0n) is 13.9. The number of amides is 1. The minimum atomic E-state index is -4.37. The van der Waals surface area contributed by atoms with E-state index >= 15 is 0 Å². The maximum absolute atomic E-state index is 13.3. The minimum Gasteiger partial charge on any atom is -0.349 e. The van der Waals surface area contributed by atoms with Gasteiger partial charge < -0.3 is 10.6 Å². The molecule has 5 nitrogen and oxygen atoms in total. The topological polar surface area (TPSA) is 57.3 Å². The lowest BCUT2D eigenvalue weighted by molar-refractivity contribution is -0.183. The molecule has 9 heteroatoms. The molecule has 0 spiro atoms. The van der Waals surface area contributed by atoms with Gasteiger partial charge in [-0.2, -0.15) is 13.2 Å². The predicted octanol–water partition coefficient (Wildman–Crippen LogP) is 1.97. The van der Waals surface area contributed by atoms with E-state index in [1.165, 1.54) is 16.2 Å². The summed E-state index contributed by atoms with van der Waals surface area (Å²) in [5.74, 6) is -0.475. The number of carbonyl (C=O) groups excluding carboxylic acids is 1. The number of alkyl halides is 3. The average molecular weight is 364 g/mol. The highest BCUT2D eigenvalue weighted by Crippen LogP contribution is 2.25. The van der Waals surface area contributed by atoms with Gasteiger partial charge in [0.05, 0.1) is 10.7 Å². The first-order chi connectivity index (χ1) is 11.3. The zero-order chi connectivity index (χ0) is 17.7. The van der Waals surface area contributed by atoms with Gasteiger partial charge in [0.25, 0.3) is 5.91 Å². The molecule has 2 heterocycles. The largest absolute Gasteiger partial charge is 0.405 e. The van der Waals surface area contributed by atoms with Crippen molar-refractivity contribution in [2.45, 2.75) is 38.9 Å². The summed E-state index contributed by atoms with van der Waals surface area (Å²) in [6.07, 6.45) is -2.70. The molecule has 136 valence electrons. The van der Waals surface area contributed by atoms with Crippen LogP contribution < -0.4 is 10.6 Å². The van der Waals surface area contributed by atoms with Gasteiger partial charge in [-0.15, -0.1) is 11.3 Å². The number of rotatable bonds is 6. The molecular formula is C15H23F3N4OS. The molecule has 1 aliphatic rings. The molecule has 0 radical (unpaired) electrons. The van der Waals surface area contributed by atoms with Crippen LogP contribution in [0.4, 0.5) is 13.2 Å². The number of piperazine rings is 1. The summed E-state index contributed by atoms with van der Waals surface area (Å²) in [6.45, 7) is 4.97. The third-order valence-corrected chi connectivity index (χ3v) is 5.15. The van der Waals surface area contributed by atoms with E-state index in [1.54, 1.807) is 6.92 Å². The third kappa shape index (κ3) is 4.90. The summed E-state index contributed by atoms with van der Waals surface area (Å²) in [6, 6.07) is -1.66. The number of halogens is 3. The Balaban J connectivity index is 2.01. The molecule has 1 saturated heterocycles. The van der Waals surface area contributed by atoms with E-state index in [9.17, 15) is 18.0 Å². The van der Waals surface area contributed by atoms with Crippen LogP contribution in [0, 0.1) is 6.92 Å².